The summed E-state index contributed by atoms with van der Waals surface area (Å²) in [5, 5.41) is 0. The average Bonchev–Trinajstić information content (AvgIpc) is 1.88. The Morgan fingerprint density at radius 3 is 2.70 bits per heavy atom. The van der Waals surface area contributed by atoms with Crippen molar-refractivity contribution in [1.82, 2.24) is 4.90 Å². The Morgan fingerprint density at radius 2 is 2.30 bits per heavy atom. The van der Waals surface area contributed by atoms with Crippen LogP contribution in [0.15, 0.2) is 18.4 Å². The number of hydrogen-bond acceptors (Lipinski definition) is 1. The molecule has 0 aromatic heterocycles. The fourth-order valence-electron chi connectivity index (χ4n) is 0.521. The van der Waals surface area contributed by atoms with E-state index in [2.05, 4.69) is 12.3 Å². The van der Waals surface area contributed by atoms with Crippen molar-refractivity contribution in [3.05, 3.63) is 18.4 Å². The molecule has 1 amide bonds. The molecule has 0 heterocycles. The van der Waals surface area contributed by atoms with E-state index in [4.69, 9.17) is 0 Å². The first kappa shape index (κ1) is 8.99. The summed E-state index contributed by atoms with van der Waals surface area (Å²) in [6, 6.07) is 0. The first-order valence-electron chi connectivity index (χ1n) is 3.23. The van der Waals surface area contributed by atoms with Crippen LogP contribution < -0.4 is 0 Å². The van der Waals surface area contributed by atoms with Crippen molar-refractivity contribution in [2.45, 2.75) is 12.8 Å². The number of amides is 1. The zero-order chi connectivity index (χ0) is 7.98. The quantitative estimate of drug-likeness (QED) is 0.538. The second-order valence-electron chi connectivity index (χ2n) is 2.24. The van der Waals surface area contributed by atoms with E-state index in [-0.39, 0.29) is 5.91 Å². The molecule has 0 radical (unpaired) electrons. The lowest BCUT2D eigenvalue weighted by Gasteiger charge is -2.07. The summed E-state index contributed by atoms with van der Waals surface area (Å²) >= 11 is 0. The normalized spacial score (nSPS) is 8.20. The average molecular weight is 139 g/mol. The summed E-state index contributed by atoms with van der Waals surface area (Å²) < 4.78 is 0. The third-order valence-electron chi connectivity index (χ3n) is 1.15. The van der Waals surface area contributed by atoms with Gasteiger partial charge in [-0.15, -0.1) is 5.73 Å². The summed E-state index contributed by atoms with van der Waals surface area (Å²) in [4.78, 5) is 12.5. The number of allylic oxidation sites excluding steroid dienone is 1. The molecule has 0 spiro atoms. The second-order valence-corrected chi connectivity index (χ2v) is 2.24. The third-order valence-corrected chi connectivity index (χ3v) is 1.15. The van der Waals surface area contributed by atoms with Gasteiger partial charge in [0.1, 0.15) is 0 Å². The van der Waals surface area contributed by atoms with Crippen molar-refractivity contribution in [3.63, 3.8) is 0 Å². The monoisotopic (exact) mass is 139 g/mol. The minimum Gasteiger partial charge on any atom is -0.349 e. The van der Waals surface area contributed by atoms with E-state index in [9.17, 15) is 4.79 Å². The van der Waals surface area contributed by atoms with Crippen LogP contribution in [0.5, 0.6) is 0 Å². The van der Waals surface area contributed by atoms with Crippen LogP contribution in [0.2, 0.25) is 0 Å². The van der Waals surface area contributed by atoms with Crippen LogP contribution in [0, 0.1) is 0 Å². The molecule has 0 aliphatic heterocycles. The van der Waals surface area contributed by atoms with Gasteiger partial charge in [-0.25, -0.2) is 0 Å². The number of carbonyl (C=O) groups excluding carboxylic acids is 1. The Kier molecular flexibility index (Phi) is 4.34. The van der Waals surface area contributed by atoms with E-state index in [0.717, 1.165) is 6.42 Å². The smallest absolute Gasteiger partial charge is 0.222 e. The van der Waals surface area contributed by atoms with Crippen LogP contribution in [0.3, 0.4) is 0 Å². The zero-order valence-electron chi connectivity index (χ0n) is 6.55. The van der Waals surface area contributed by atoms with Crippen molar-refractivity contribution >= 4 is 5.91 Å². The van der Waals surface area contributed by atoms with Gasteiger partial charge in [0.15, 0.2) is 0 Å². The van der Waals surface area contributed by atoms with Crippen LogP contribution in [-0.4, -0.2) is 24.9 Å². The van der Waals surface area contributed by atoms with Crippen molar-refractivity contribution in [2.24, 2.45) is 0 Å². The largest absolute Gasteiger partial charge is 0.349 e. The van der Waals surface area contributed by atoms with Crippen LogP contribution in [0.4, 0.5) is 0 Å². The number of rotatable bonds is 3. The highest BCUT2D eigenvalue weighted by atomic mass is 16.2. The highest BCUT2D eigenvalue weighted by molar-refractivity contribution is 5.75. The Hall–Kier alpha value is -1.01. The molecule has 10 heavy (non-hydrogen) atoms. The van der Waals surface area contributed by atoms with Crippen molar-refractivity contribution in [1.29, 1.82) is 0 Å². The molecule has 0 bridgehead atoms. The molecular weight excluding hydrogens is 126 g/mol. The van der Waals surface area contributed by atoms with E-state index in [0.29, 0.717) is 6.42 Å². The predicted octanol–water partition coefficient (Wildman–Crippen LogP) is 1.20. The van der Waals surface area contributed by atoms with Gasteiger partial charge in [0, 0.05) is 20.5 Å². The van der Waals surface area contributed by atoms with Crippen molar-refractivity contribution in [2.75, 3.05) is 14.1 Å². The molecule has 0 fully saturated rings. The third kappa shape index (κ3) is 3.93. The molecule has 0 saturated heterocycles. The van der Waals surface area contributed by atoms with Gasteiger partial charge in [-0.05, 0) is 12.5 Å². The van der Waals surface area contributed by atoms with Crippen LogP contribution in [0.1, 0.15) is 12.8 Å². The SMILES string of the molecule is C=C=CCCC(=O)N(C)C. The van der Waals surface area contributed by atoms with Gasteiger partial charge < -0.3 is 4.90 Å². The molecule has 0 saturated carbocycles. The van der Waals surface area contributed by atoms with Gasteiger partial charge in [0.2, 0.25) is 5.91 Å². The maximum Gasteiger partial charge on any atom is 0.222 e. The summed E-state index contributed by atoms with van der Waals surface area (Å²) in [5.41, 5.74) is 2.62. The van der Waals surface area contributed by atoms with Crippen molar-refractivity contribution in [3.8, 4) is 0 Å². The second kappa shape index (κ2) is 4.83. The van der Waals surface area contributed by atoms with Crippen LogP contribution >= 0.6 is 0 Å². The number of hydrogen-bond donors (Lipinski definition) is 0. The molecule has 0 atom stereocenters. The lowest BCUT2D eigenvalue weighted by Crippen LogP contribution is -2.20. The lowest BCUT2D eigenvalue weighted by atomic mass is 10.3. The highest BCUT2D eigenvalue weighted by Gasteiger charge is 1.99. The topological polar surface area (TPSA) is 20.3 Å². The minimum absolute atomic E-state index is 0.145. The van der Waals surface area contributed by atoms with Gasteiger partial charge in [-0.1, -0.05) is 6.58 Å². The van der Waals surface area contributed by atoms with Crippen molar-refractivity contribution < 1.29 is 4.79 Å². The van der Waals surface area contributed by atoms with E-state index >= 15 is 0 Å². The van der Waals surface area contributed by atoms with E-state index in [1.54, 1.807) is 25.1 Å². The molecule has 0 aromatic rings. The Morgan fingerprint density at radius 1 is 1.70 bits per heavy atom. The Bertz CT molecular complexity index is 155. The molecule has 0 aromatic carbocycles. The highest BCUT2D eigenvalue weighted by Crippen LogP contribution is 1.92. The van der Waals surface area contributed by atoms with E-state index in [1.807, 2.05) is 0 Å². The van der Waals surface area contributed by atoms with E-state index in [1.165, 1.54) is 0 Å². The zero-order valence-corrected chi connectivity index (χ0v) is 6.55. The molecular formula is C8H13NO. The maximum atomic E-state index is 10.9. The molecule has 2 nitrogen and oxygen atoms in total. The first-order valence-corrected chi connectivity index (χ1v) is 3.23. The minimum atomic E-state index is 0.145. The Labute approximate surface area is 61.8 Å². The maximum absolute atomic E-state index is 10.9. The van der Waals surface area contributed by atoms with Crippen LogP contribution in [0.25, 0.3) is 0 Å². The predicted molar refractivity (Wildman–Crippen MR) is 41.6 cm³/mol. The summed E-state index contributed by atoms with van der Waals surface area (Å²) in [6.45, 7) is 3.40. The van der Waals surface area contributed by atoms with Gasteiger partial charge in [-0.3, -0.25) is 4.79 Å². The molecule has 0 aliphatic carbocycles. The summed E-state index contributed by atoms with van der Waals surface area (Å²) in [6.07, 6.45) is 3.05. The summed E-state index contributed by atoms with van der Waals surface area (Å²) in [5.74, 6) is 0.145. The number of carbonyl (C=O) groups is 1. The molecule has 56 valence electrons. The molecule has 0 aliphatic rings. The van der Waals surface area contributed by atoms with E-state index < -0.39 is 0 Å². The van der Waals surface area contributed by atoms with Gasteiger partial charge in [0.25, 0.3) is 0 Å². The molecule has 0 N–H and O–H groups in total. The molecule has 0 unspecified atom stereocenters. The van der Waals surface area contributed by atoms with Gasteiger partial charge in [-0.2, -0.15) is 0 Å². The Balaban J connectivity index is 3.49. The lowest BCUT2D eigenvalue weighted by molar-refractivity contribution is -0.128. The standard InChI is InChI=1S/C8H13NO/c1-4-5-6-7-8(10)9(2)3/h5H,1,6-7H2,2-3H3. The molecule has 2 heteroatoms. The first-order chi connectivity index (χ1) is 4.68. The fraction of sp³-hybridized carbons (Fsp3) is 0.500. The fourth-order valence-corrected chi connectivity index (χ4v) is 0.521. The number of nitrogens with zero attached hydrogens (tertiary/aromatic N) is 1. The van der Waals surface area contributed by atoms with Gasteiger partial charge >= 0.3 is 0 Å². The van der Waals surface area contributed by atoms with Crippen LogP contribution in [-0.2, 0) is 4.79 Å². The summed E-state index contributed by atoms with van der Waals surface area (Å²) in [7, 11) is 3.50. The molecule has 0 rings (SSSR count). The van der Waals surface area contributed by atoms with Gasteiger partial charge in [0.05, 0.1) is 0 Å².